The van der Waals surface area contributed by atoms with Gasteiger partial charge in [0.25, 0.3) is 0 Å². The molecule has 0 aromatic rings. The first-order chi connectivity index (χ1) is 7.64. The highest BCUT2D eigenvalue weighted by molar-refractivity contribution is 5.88. The molecule has 1 saturated carbocycles. The molecule has 0 aromatic carbocycles. The van der Waals surface area contributed by atoms with Gasteiger partial charge in [0.05, 0.1) is 0 Å². The molecule has 3 N–H and O–H groups in total. The summed E-state index contributed by atoms with van der Waals surface area (Å²) in [6, 6.07) is 0. The van der Waals surface area contributed by atoms with E-state index in [4.69, 9.17) is 5.84 Å². The predicted octanol–water partition coefficient (Wildman–Crippen LogP) is 2.86. The average Bonchev–Trinajstić information content (AvgIpc) is 2.67. The Balaban J connectivity index is 2.81. The van der Waals surface area contributed by atoms with Crippen LogP contribution < -0.4 is 11.3 Å². The highest BCUT2D eigenvalue weighted by Gasteiger charge is 2.39. The molecule has 0 saturated heterocycles. The van der Waals surface area contributed by atoms with Gasteiger partial charge in [-0.3, -0.25) is 4.99 Å². The maximum absolute atomic E-state index is 5.67. The molecule has 0 aliphatic heterocycles. The third-order valence-corrected chi connectivity index (χ3v) is 3.49. The molecular formula is C13H27N3. The second kappa shape index (κ2) is 6.24. The monoisotopic (exact) mass is 225 g/mol. The van der Waals surface area contributed by atoms with Crippen LogP contribution in [0.25, 0.3) is 0 Å². The number of hydrogen-bond donors (Lipinski definition) is 2. The molecule has 1 aliphatic rings. The molecule has 1 fully saturated rings. The molecule has 0 bridgehead atoms. The number of nitrogens with one attached hydrogen (secondary N) is 1. The van der Waals surface area contributed by atoms with Crippen LogP contribution in [0.2, 0.25) is 0 Å². The van der Waals surface area contributed by atoms with Crippen LogP contribution in [0.1, 0.15) is 59.3 Å². The summed E-state index contributed by atoms with van der Waals surface area (Å²) in [6.07, 6.45) is 7.43. The maximum Gasteiger partial charge on any atom is 0.117 e. The van der Waals surface area contributed by atoms with Gasteiger partial charge in [0.2, 0.25) is 0 Å². The van der Waals surface area contributed by atoms with Crippen LogP contribution >= 0.6 is 0 Å². The van der Waals surface area contributed by atoms with E-state index < -0.39 is 0 Å². The van der Waals surface area contributed by atoms with Gasteiger partial charge in [-0.05, 0) is 31.6 Å². The van der Waals surface area contributed by atoms with E-state index in [-0.39, 0.29) is 5.41 Å². The van der Waals surface area contributed by atoms with E-state index in [1.807, 2.05) is 0 Å². The molecule has 1 rings (SSSR count). The second-order valence-corrected chi connectivity index (χ2v) is 5.46. The molecule has 3 nitrogen and oxygen atoms in total. The van der Waals surface area contributed by atoms with Crippen LogP contribution in [-0.4, -0.2) is 12.4 Å². The van der Waals surface area contributed by atoms with Crippen molar-refractivity contribution in [2.75, 3.05) is 6.54 Å². The number of aliphatic imine (C=N–C) groups is 1. The fourth-order valence-corrected chi connectivity index (χ4v) is 2.96. The van der Waals surface area contributed by atoms with Gasteiger partial charge in [-0.1, -0.05) is 33.6 Å². The number of hydrazine groups is 1. The van der Waals surface area contributed by atoms with Gasteiger partial charge in [-0.2, -0.15) is 0 Å². The summed E-state index contributed by atoms with van der Waals surface area (Å²) < 4.78 is 0. The highest BCUT2D eigenvalue weighted by Crippen LogP contribution is 2.43. The van der Waals surface area contributed by atoms with Crippen LogP contribution in [0, 0.1) is 11.3 Å². The molecular weight excluding hydrogens is 198 g/mol. The van der Waals surface area contributed by atoms with Crippen LogP contribution in [0.3, 0.4) is 0 Å². The first-order valence-electron chi connectivity index (χ1n) is 6.66. The smallest absolute Gasteiger partial charge is 0.117 e. The highest BCUT2D eigenvalue weighted by atomic mass is 15.3. The second-order valence-electron chi connectivity index (χ2n) is 5.46. The van der Waals surface area contributed by atoms with Gasteiger partial charge in [0, 0.05) is 12.0 Å². The quantitative estimate of drug-likeness (QED) is 0.327. The number of hydrogen-bond acceptors (Lipinski definition) is 2. The molecule has 0 spiro atoms. The molecule has 0 amide bonds. The summed E-state index contributed by atoms with van der Waals surface area (Å²) in [5.41, 5.74) is 3.12. The van der Waals surface area contributed by atoms with E-state index in [1.165, 1.54) is 32.1 Å². The summed E-state index contributed by atoms with van der Waals surface area (Å²) in [6.45, 7) is 7.61. The summed E-state index contributed by atoms with van der Waals surface area (Å²) in [5, 5.41) is 0. The van der Waals surface area contributed by atoms with Crippen LogP contribution in [-0.2, 0) is 0 Å². The van der Waals surface area contributed by atoms with Gasteiger partial charge in [0.1, 0.15) is 5.84 Å². The largest absolute Gasteiger partial charge is 0.312 e. The van der Waals surface area contributed by atoms with E-state index in [0.717, 1.165) is 18.8 Å². The molecule has 0 unspecified atom stereocenters. The SMILES string of the molecule is CCCN=C(NN)C1(CC(C)C)CCCC1. The Morgan fingerprint density at radius 2 is 2.00 bits per heavy atom. The van der Waals surface area contributed by atoms with Gasteiger partial charge in [-0.25, -0.2) is 5.84 Å². The minimum absolute atomic E-state index is 0.248. The molecule has 0 radical (unpaired) electrons. The molecule has 16 heavy (non-hydrogen) atoms. The Labute approximate surface area is 99.9 Å². The molecule has 0 atom stereocenters. The molecule has 0 heterocycles. The molecule has 94 valence electrons. The van der Waals surface area contributed by atoms with Crippen LogP contribution in [0.4, 0.5) is 0 Å². The van der Waals surface area contributed by atoms with E-state index in [0.29, 0.717) is 5.92 Å². The zero-order valence-electron chi connectivity index (χ0n) is 11.1. The Morgan fingerprint density at radius 3 is 2.44 bits per heavy atom. The number of amidine groups is 1. The van der Waals surface area contributed by atoms with Gasteiger partial charge in [0.15, 0.2) is 0 Å². The number of nitrogens with two attached hydrogens (primary N) is 1. The standard InChI is InChI=1S/C13H27N3/c1-4-9-15-12(16-14)13(10-11(2)3)7-5-6-8-13/h11H,4-10,14H2,1-3H3,(H,15,16). The van der Waals surface area contributed by atoms with E-state index >= 15 is 0 Å². The fourth-order valence-electron chi connectivity index (χ4n) is 2.96. The Hall–Kier alpha value is -0.570. The number of nitrogens with zero attached hydrogens (tertiary/aromatic N) is 1. The maximum atomic E-state index is 5.67. The Bertz CT molecular complexity index is 227. The van der Waals surface area contributed by atoms with Crippen molar-refractivity contribution in [1.82, 2.24) is 5.43 Å². The Kier molecular flexibility index (Phi) is 5.26. The average molecular weight is 225 g/mol. The third kappa shape index (κ3) is 3.21. The van der Waals surface area contributed by atoms with Crippen LogP contribution in [0.15, 0.2) is 4.99 Å². The first kappa shape index (κ1) is 13.5. The van der Waals surface area contributed by atoms with Crippen molar-refractivity contribution in [3.8, 4) is 0 Å². The first-order valence-corrected chi connectivity index (χ1v) is 6.66. The minimum atomic E-state index is 0.248. The van der Waals surface area contributed by atoms with Gasteiger partial charge >= 0.3 is 0 Å². The Morgan fingerprint density at radius 1 is 1.38 bits per heavy atom. The third-order valence-electron chi connectivity index (χ3n) is 3.49. The van der Waals surface area contributed by atoms with Crippen molar-refractivity contribution in [2.24, 2.45) is 22.2 Å². The summed E-state index contributed by atoms with van der Waals surface area (Å²) in [7, 11) is 0. The lowest BCUT2D eigenvalue weighted by Crippen LogP contribution is -2.44. The lowest BCUT2D eigenvalue weighted by molar-refractivity contribution is 0.330. The van der Waals surface area contributed by atoms with E-state index in [9.17, 15) is 0 Å². The lowest BCUT2D eigenvalue weighted by Gasteiger charge is -2.32. The van der Waals surface area contributed by atoms with Crippen LogP contribution in [0.5, 0.6) is 0 Å². The molecule has 3 heteroatoms. The predicted molar refractivity (Wildman–Crippen MR) is 70.3 cm³/mol. The summed E-state index contributed by atoms with van der Waals surface area (Å²) in [5.74, 6) is 7.44. The van der Waals surface area contributed by atoms with Gasteiger partial charge in [-0.15, -0.1) is 0 Å². The minimum Gasteiger partial charge on any atom is -0.312 e. The zero-order chi connectivity index (χ0) is 12.0. The normalized spacial score (nSPS) is 20.4. The van der Waals surface area contributed by atoms with E-state index in [1.54, 1.807) is 0 Å². The number of rotatable bonds is 5. The van der Waals surface area contributed by atoms with Crippen molar-refractivity contribution in [3.05, 3.63) is 0 Å². The van der Waals surface area contributed by atoms with Crippen molar-refractivity contribution in [1.29, 1.82) is 0 Å². The fraction of sp³-hybridized carbons (Fsp3) is 0.923. The summed E-state index contributed by atoms with van der Waals surface area (Å²) in [4.78, 5) is 4.65. The topological polar surface area (TPSA) is 50.4 Å². The molecule has 0 aromatic heterocycles. The van der Waals surface area contributed by atoms with E-state index in [2.05, 4.69) is 31.2 Å². The van der Waals surface area contributed by atoms with Crippen molar-refractivity contribution < 1.29 is 0 Å². The zero-order valence-corrected chi connectivity index (χ0v) is 11.1. The molecule has 1 aliphatic carbocycles. The van der Waals surface area contributed by atoms with Crippen molar-refractivity contribution >= 4 is 5.84 Å². The lowest BCUT2D eigenvalue weighted by atomic mass is 9.77. The van der Waals surface area contributed by atoms with Gasteiger partial charge < -0.3 is 5.43 Å². The summed E-state index contributed by atoms with van der Waals surface area (Å²) >= 11 is 0. The van der Waals surface area contributed by atoms with Crippen molar-refractivity contribution in [3.63, 3.8) is 0 Å². The van der Waals surface area contributed by atoms with Crippen molar-refractivity contribution in [2.45, 2.75) is 59.3 Å².